The Hall–Kier alpha value is -1.82. The second-order valence-corrected chi connectivity index (χ2v) is 5.82. The highest BCUT2D eigenvalue weighted by atomic mass is 35.5. The number of carboxylic acid groups (broad SMARTS) is 1. The summed E-state index contributed by atoms with van der Waals surface area (Å²) in [4.78, 5) is 24.7. The molecule has 0 radical (unpaired) electrons. The van der Waals surface area contributed by atoms with Gasteiger partial charge in [-0.2, -0.15) is 0 Å². The fourth-order valence-electron chi connectivity index (χ4n) is 2.54. The van der Waals surface area contributed by atoms with Crippen LogP contribution in [-0.4, -0.2) is 41.6 Å². The summed E-state index contributed by atoms with van der Waals surface area (Å²) in [5, 5.41) is 8.99. The third-order valence-corrected chi connectivity index (χ3v) is 4.12. The highest BCUT2D eigenvalue weighted by Crippen LogP contribution is 2.24. The predicted octanol–water partition coefficient (Wildman–Crippen LogP) is 2.43. The van der Waals surface area contributed by atoms with E-state index in [0.29, 0.717) is 25.3 Å². The minimum Gasteiger partial charge on any atom is -0.484 e. The van der Waals surface area contributed by atoms with Crippen LogP contribution in [0.15, 0.2) is 18.2 Å². The van der Waals surface area contributed by atoms with Crippen molar-refractivity contribution in [3.8, 4) is 5.75 Å². The van der Waals surface area contributed by atoms with Gasteiger partial charge in [-0.05, 0) is 24.5 Å². The van der Waals surface area contributed by atoms with Crippen molar-refractivity contribution in [3.05, 3.63) is 29.0 Å². The molecule has 120 valence electrons. The highest BCUT2D eigenvalue weighted by molar-refractivity contribution is 6.30. The molecule has 5 nitrogen and oxygen atoms in total. The minimum absolute atomic E-state index is 0.0687. The maximum absolute atomic E-state index is 13.0. The Labute approximate surface area is 132 Å². The summed E-state index contributed by atoms with van der Waals surface area (Å²) in [6.45, 7) is 2.42. The van der Waals surface area contributed by atoms with Crippen LogP contribution in [0.5, 0.6) is 5.75 Å². The van der Waals surface area contributed by atoms with Crippen LogP contribution in [0.4, 0.5) is 4.39 Å². The molecule has 1 aromatic rings. The summed E-state index contributed by atoms with van der Waals surface area (Å²) in [6, 6.07) is 3.87. The summed E-state index contributed by atoms with van der Waals surface area (Å²) in [5.41, 5.74) is 0. The Balaban J connectivity index is 1.88. The summed E-state index contributed by atoms with van der Waals surface area (Å²) >= 11 is 5.64. The van der Waals surface area contributed by atoms with E-state index in [4.69, 9.17) is 21.4 Å². The topological polar surface area (TPSA) is 66.8 Å². The van der Waals surface area contributed by atoms with E-state index in [0.717, 1.165) is 0 Å². The number of hydrogen-bond donors (Lipinski definition) is 1. The zero-order chi connectivity index (χ0) is 16.3. The number of halogens is 2. The van der Waals surface area contributed by atoms with Gasteiger partial charge in [-0.1, -0.05) is 18.5 Å². The molecule has 7 heteroatoms. The van der Waals surface area contributed by atoms with Crippen LogP contribution in [0.2, 0.25) is 5.02 Å². The van der Waals surface area contributed by atoms with E-state index in [1.807, 2.05) is 6.92 Å². The lowest BCUT2D eigenvalue weighted by Crippen LogP contribution is -2.46. The fourth-order valence-corrected chi connectivity index (χ4v) is 2.71. The van der Waals surface area contributed by atoms with Gasteiger partial charge in [0.1, 0.15) is 11.6 Å². The van der Waals surface area contributed by atoms with Gasteiger partial charge in [0.05, 0.1) is 10.9 Å². The number of carbonyl (C=O) groups excluding carboxylic acids is 1. The Morgan fingerprint density at radius 1 is 1.50 bits per heavy atom. The molecule has 1 aliphatic rings. The van der Waals surface area contributed by atoms with E-state index < -0.39 is 17.7 Å². The number of hydrogen-bond acceptors (Lipinski definition) is 3. The number of benzene rings is 1. The van der Waals surface area contributed by atoms with Crippen LogP contribution in [0.3, 0.4) is 0 Å². The van der Waals surface area contributed by atoms with E-state index >= 15 is 0 Å². The molecule has 0 saturated carbocycles. The standard InChI is InChI=1S/C15H17ClFNO4/c1-9-7-18(5-4-11(9)15(20)21)14(19)8-22-10-2-3-13(17)12(16)6-10/h2-3,6,9,11H,4-5,7-8H2,1H3,(H,20,21). The molecule has 2 rings (SSSR count). The van der Waals surface area contributed by atoms with E-state index in [9.17, 15) is 14.0 Å². The SMILES string of the molecule is CC1CN(C(=O)COc2ccc(F)c(Cl)c2)CCC1C(=O)O. The molecule has 1 fully saturated rings. The van der Waals surface area contributed by atoms with Crippen molar-refractivity contribution in [1.82, 2.24) is 4.90 Å². The molecule has 0 spiro atoms. The Bertz CT molecular complexity index is 581. The average molecular weight is 330 g/mol. The summed E-state index contributed by atoms with van der Waals surface area (Å²) in [6.07, 6.45) is 0.435. The average Bonchev–Trinajstić information content (AvgIpc) is 2.47. The first kappa shape index (κ1) is 16.5. The number of amides is 1. The van der Waals surface area contributed by atoms with Gasteiger partial charge in [0.25, 0.3) is 5.91 Å². The molecule has 1 N–H and O–H groups in total. The number of piperidine rings is 1. The number of ether oxygens (including phenoxy) is 1. The van der Waals surface area contributed by atoms with Gasteiger partial charge < -0.3 is 14.7 Å². The molecule has 1 aliphatic heterocycles. The molecular formula is C15H17ClFNO4. The Morgan fingerprint density at radius 2 is 2.23 bits per heavy atom. The molecule has 0 bridgehead atoms. The predicted molar refractivity (Wildman–Crippen MR) is 78.4 cm³/mol. The van der Waals surface area contributed by atoms with Gasteiger partial charge in [-0.15, -0.1) is 0 Å². The molecule has 2 unspecified atom stereocenters. The zero-order valence-electron chi connectivity index (χ0n) is 12.1. The molecule has 0 aromatic heterocycles. The largest absolute Gasteiger partial charge is 0.484 e. The molecule has 1 aromatic carbocycles. The van der Waals surface area contributed by atoms with Crippen LogP contribution in [-0.2, 0) is 9.59 Å². The van der Waals surface area contributed by atoms with Crippen LogP contribution in [0, 0.1) is 17.7 Å². The number of nitrogens with zero attached hydrogens (tertiary/aromatic N) is 1. The number of likely N-dealkylation sites (tertiary alicyclic amines) is 1. The smallest absolute Gasteiger partial charge is 0.306 e. The van der Waals surface area contributed by atoms with Gasteiger partial charge in [0.2, 0.25) is 0 Å². The number of aliphatic carboxylic acids is 1. The minimum atomic E-state index is -0.822. The van der Waals surface area contributed by atoms with Crippen molar-refractivity contribution < 1.29 is 23.8 Å². The molecule has 1 heterocycles. The van der Waals surface area contributed by atoms with Gasteiger partial charge >= 0.3 is 5.97 Å². The van der Waals surface area contributed by atoms with E-state index in [1.165, 1.54) is 18.2 Å². The molecule has 1 saturated heterocycles. The van der Waals surface area contributed by atoms with Crippen molar-refractivity contribution in [2.45, 2.75) is 13.3 Å². The highest BCUT2D eigenvalue weighted by Gasteiger charge is 2.32. The first-order valence-electron chi connectivity index (χ1n) is 6.97. The number of carbonyl (C=O) groups is 2. The van der Waals surface area contributed by atoms with Crippen LogP contribution >= 0.6 is 11.6 Å². The molecule has 0 aliphatic carbocycles. The quantitative estimate of drug-likeness (QED) is 0.921. The van der Waals surface area contributed by atoms with Crippen molar-refractivity contribution >= 4 is 23.5 Å². The molecule has 2 atom stereocenters. The number of rotatable bonds is 4. The van der Waals surface area contributed by atoms with E-state index in [2.05, 4.69) is 0 Å². The molecular weight excluding hydrogens is 313 g/mol. The van der Waals surface area contributed by atoms with Crippen molar-refractivity contribution in [2.75, 3.05) is 19.7 Å². The van der Waals surface area contributed by atoms with Gasteiger partial charge in [0, 0.05) is 19.2 Å². The number of carboxylic acids is 1. The van der Waals surface area contributed by atoms with Crippen LogP contribution < -0.4 is 4.74 Å². The third kappa shape index (κ3) is 3.88. The monoisotopic (exact) mass is 329 g/mol. The van der Waals surface area contributed by atoms with Gasteiger partial charge in [-0.3, -0.25) is 9.59 Å². The maximum atomic E-state index is 13.0. The van der Waals surface area contributed by atoms with E-state index in [1.54, 1.807) is 4.90 Å². The second kappa shape index (κ2) is 6.96. The van der Waals surface area contributed by atoms with Crippen molar-refractivity contribution in [3.63, 3.8) is 0 Å². The second-order valence-electron chi connectivity index (χ2n) is 5.42. The summed E-state index contributed by atoms with van der Waals surface area (Å²) < 4.78 is 18.3. The normalized spacial score (nSPS) is 21.5. The van der Waals surface area contributed by atoms with Crippen LogP contribution in [0.25, 0.3) is 0 Å². The van der Waals surface area contributed by atoms with Gasteiger partial charge in [-0.25, -0.2) is 4.39 Å². The molecule has 22 heavy (non-hydrogen) atoms. The van der Waals surface area contributed by atoms with Crippen LogP contribution in [0.1, 0.15) is 13.3 Å². The fraction of sp³-hybridized carbons (Fsp3) is 0.467. The third-order valence-electron chi connectivity index (χ3n) is 3.83. The molecule has 1 amide bonds. The zero-order valence-corrected chi connectivity index (χ0v) is 12.8. The summed E-state index contributed by atoms with van der Waals surface area (Å²) in [5.74, 6) is -1.80. The maximum Gasteiger partial charge on any atom is 0.306 e. The first-order chi connectivity index (χ1) is 10.4. The lowest BCUT2D eigenvalue weighted by Gasteiger charge is -2.34. The lowest BCUT2D eigenvalue weighted by atomic mass is 9.87. The Kier molecular flexibility index (Phi) is 5.24. The lowest BCUT2D eigenvalue weighted by molar-refractivity contribution is -0.148. The van der Waals surface area contributed by atoms with Crippen molar-refractivity contribution in [1.29, 1.82) is 0 Å². The van der Waals surface area contributed by atoms with E-state index in [-0.39, 0.29) is 23.5 Å². The summed E-state index contributed by atoms with van der Waals surface area (Å²) in [7, 11) is 0. The van der Waals surface area contributed by atoms with Crippen molar-refractivity contribution in [2.24, 2.45) is 11.8 Å². The Morgan fingerprint density at radius 3 is 2.82 bits per heavy atom. The first-order valence-corrected chi connectivity index (χ1v) is 7.34. The van der Waals surface area contributed by atoms with Gasteiger partial charge in [0.15, 0.2) is 6.61 Å².